The molecule has 0 aliphatic carbocycles. The summed E-state index contributed by atoms with van der Waals surface area (Å²) in [7, 11) is 0. The minimum absolute atomic E-state index is 0.00972. The number of ether oxygens (including phenoxy) is 1. The highest BCUT2D eigenvalue weighted by atomic mass is 16.5. The van der Waals surface area contributed by atoms with Crippen LogP contribution in [0.4, 0.5) is 0 Å². The maximum atomic E-state index is 12.3. The number of nitrogens with zero attached hydrogens (tertiary/aromatic N) is 3. The average Bonchev–Trinajstić information content (AvgIpc) is 3.25. The molecule has 1 aliphatic heterocycles. The predicted molar refractivity (Wildman–Crippen MR) is 87.9 cm³/mol. The molecule has 124 valence electrons. The van der Waals surface area contributed by atoms with Crippen molar-refractivity contribution in [3.8, 4) is 0 Å². The standard InChI is InChI=1S/C18H19N3O3/c22-16(17-4-3-8-24-17)10-15-13-23-9-7-20(15)11-14-12-21-6-2-1-5-18(21)19-14/h1-6,8,12,15H,7,9-11,13H2. The van der Waals surface area contributed by atoms with Gasteiger partial charge in [0.1, 0.15) is 5.65 Å². The van der Waals surface area contributed by atoms with Crippen molar-refractivity contribution in [2.45, 2.75) is 19.0 Å². The molecule has 1 unspecified atom stereocenters. The minimum Gasteiger partial charge on any atom is -0.461 e. The molecule has 1 atom stereocenters. The lowest BCUT2D eigenvalue weighted by Crippen LogP contribution is -2.45. The lowest BCUT2D eigenvalue weighted by molar-refractivity contribution is -0.0133. The highest BCUT2D eigenvalue weighted by Crippen LogP contribution is 2.17. The summed E-state index contributed by atoms with van der Waals surface area (Å²) in [6.07, 6.45) is 5.94. The number of morpholine rings is 1. The highest BCUT2D eigenvalue weighted by Gasteiger charge is 2.27. The number of rotatable bonds is 5. The van der Waals surface area contributed by atoms with Crippen molar-refractivity contribution in [3.05, 3.63) is 60.4 Å². The molecule has 0 saturated carbocycles. The van der Waals surface area contributed by atoms with Gasteiger partial charge < -0.3 is 13.6 Å². The van der Waals surface area contributed by atoms with Gasteiger partial charge in [-0.25, -0.2) is 4.98 Å². The normalized spacial score (nSPS) is 18.9. The number of ketones is 1. The second kappa shape index (κ2) is 6.59. The van der Waals surface area contributed by atoms with E-state index in [9.17, 15) is 4.79 Å². The zero-order chi connectivity index (χ0) is 16.4. The Morgan fingerprint density at radius 3 is 3.08 bits per heavy atom. The first kappa shape index (κ1) is 15.1. The van der Waals surface area contributed by atoms with Gasteiger partial charge in [-0.05, 0) is 24.3 Å². The fourth-order valence-corrected chi connectivity index (χ4v) is 3.11. The third-order valence-electron chi connectivity index (χ3n) is 4.35. The first-order valence-electron chi connectivity index (χ1n) is 8.11. The number of fused-ring (bicyclic) bond motifs is 1. The van der Waals surface area contributed by atoms with Crippen molar-refractivity contribution in [1.29, 1.82) is 0 Å². The first-order chi connectivity index (χ1) is 11.8. The van der Waals surface area contributed by atoms with E-state index in [2.05, 4.69) is 9.88 Å². The van der Waals surface area contributed by atoms with Crippen molar-refractivity contribution in [1.82, 2.24) is 14.3 Å². The number of hydrogen-bond donors (Lipinski definition) is 0. The molecule has 6 heteroatoms. The molecule has 0 radical (unpaired) electrons. The van der Waals surface area contributed by atoms with E-state index < -0.39 is 0 Å². The van der Waals surface area contributed by atoms with Gasteiger partial charge in [-0.2, -0.15) is 0 Å². The van der Waals surface area contributed by atoms with E-state index in [1.165, 1.54) is 6.26 Å². The monoisotopic (exact) mass is 325 g/mol. The molecule has 4 heterocycles. The molecular weight excluding hydrogens is 306 g/mol. The summed E-state index contributed by atoms with van der Waals surface area (Å²) in [5.74, 6) is 0.420. The first-order valence-corrected chi connectivity index (χ1v) is 8.11. The molecule has 0 bridgehead atoms. The zero-order valence-corrected chi connectivity index (χ0v) is 13.3. The van der Waals surface area contributed by atoms with Crippen LogP contribution in [0.2, 0.25) is 0 Å². The van der Waals surface area contributed by atoms with Gasteiger partial charge in [0, 0.05) is 37.9 Å². The summed E-state index contributed by atoms with van der Waals surface area (Å²) in [5, 5.41) is 0. The van der Waals surface area contributed by atoms with Gasteiger partial charge in [0.05, 0.1) is 25.2 Å². The van der Waals surface area contributed by atoms with Crippen LogP contribution in [-0.2, 0) is 11.3 Å². The number of imidazole rings is 1. The van der Waals surface area contributed by atoms with Gasteiger partial charge >= 0.3 is 0 Å². The third kappa shape index (κ3) is 3.11. The van der Waals surface area contributed by atoms with Crippen LogP contribution in [0.25, 0.3) is 5.65 Å². The van der Waals surface area contributed by atoms with Gasteiger partial charge in [-0.15, -0.1) is 0 Å². The number of Topliss-reactive ketones (excluding diaryl/α,β-unsaturated/α-hetero) is 1. The van der Waals surface area contributed by atoms with Crippen LogP contribution in [0, 0.1) is 0 Å². The summed E-state index contributed by atoms with van der Waals surface area (Å²) in [6, 6.07) is 9.43. The molecule has 3 aromatic rings. The Kier molecular flexibility index (Phi) is 4.15. The lowest BCUT2D eigenvalue weighted by atomic mass is 10.1. The topological polar surface area (TPSA) is 60.0 Å². The minimum atomic E-state index is 0.00972. The van der Waals surface area contributed by atoms with Crippen LogP contribution in [0.3, 0.4) is 0 Å². The van der Waals surface area contributed by atoms with E-state index in [1.54, 1.807) is 12.1 Å². The summed E-state index contributed by atoms with van der Waals surface area (Å²) >= 11 is 0. The van der Waals surface area contributed by atoms with Crippen molar-refractivity contribution in [2.24, 2.45) is 0 Å². The van der Waals surface area contributed by atoms with Crippen molar-refractivity contribution in [3.63, 3.8) is 0 Å². The maximum absolute atomic E-state index is 12.3. The second-order valence-electron chi connectivity index (χ2n) is 6.00. The quantitative estimate of drug-likeness (QED) is 0.674. The van der Waals surface area contributed by atoms with Crippen LogP contribution in [0.5, 0.6) is 0 Å². The third-order valence-corrected chi connectivity index (χ3v) is 4.35. The molecule has 4 rings (SSSR count). The number of pyridine rings is 1. The summed E-state index contributed by atoms with van der Waals surface area (Å²) < 4.78 is 12.8. The summed E-state index contributed by atoms with van der Waals surface area (Å²) in [6.45, 7) is 2.74. The molecule has 0 N–H and O–H groups in total. The highest BCUT2D eigenvalue weighted by molar-refractivity contribution is 5.93. The second-order valence-corrected chi connectivity index (χ2v) is 6.00. The molecule has 1 aliphatic rings. The average molecular weight is 325 g/mol. The Labute approximate surface area is 139 Å². The number of furan rings is 1. The van der Waals surface area contributed by atoms with Crippen LogP contribution in [-0.4, -0.2) is 45.9 Å². The molecule has 24 heavy (non-hydrogen) atoms. The van der Waals surface area contributed by atoms with Gasteiger partial charge in [-0.1, -0.05) is 6.07 Å². The molecule has 0 spiro atoms. The Morgan fingerprint density at radius 1 is 1.29 bits per heavy atom. The molecule has 6 nitrogen and oxygen atoms in total. The van der Waals surface area contributed by atoms with Crippen molar-refractivity contribution in [2.75, 3.05) is 19.8 Å². The Bertz CT molecular complexity index is 792. The smallest absolute Gasteiger partial charge is 0.199 e. The van der Waals surface area contributed by atoms with E-state index in [4.69, 9.17) is 9.15 Å². The fraction of sp³-hybridized carbons (Fsp3) is 0.333. The number of carbonyl (C=O) groups is 1. The van der Waals surface area contributed by atoms with Crippen molar-refractivity contribution < 1.29 is 13.9 Å². The SMILES string of the molecule is O=C(CC1COCCN1Cc1cn2ccccc2n1)c1ccco1. The fourth-order valence-electron chi connectivity index (χ4n) is 3.11. The van der Waals surface area contributed by atoms with Crippen LogP contribution in [0.1, 0.15) is 22.7 Å². The van der Waals surface area contributed by atoms with Gasteiger partial charge in [0.15, 0.2) is 11.5 Å². The zero-order valence-electron chi connectivity index (χ0n) is 13.3. The maximum Gasteiger partial charge on any atom is 0.199 e. The van der Waals surface area contributed by atoms with E-state index in [-0.39, 0.29) is 11.8 Å². The molecular formula is C18H19N3O3. The Balaban J connectivity index is 1.48. The van der Waals surface area contributed by atoms with E-state index >= 15 is 0 Å². The molecule has 0 amide bonds. The van der Waals surface area contributed by atoms with E-state index in [0.29, 0.717) is 31.9 Å². The van der Waals surface area contributed by atoms with Crippen LogP contribution < -0.4 is 0 Å². The molecule has 1 saturated heterocycles. The Hall–Kier alpha value is -2.44. The van der Waals surface area contributed by atoms with E-state index in [1.807, 2.05) is 35.0 Å². The molecule has 0 aromatic carbocycles. The summed E-state index contributed by atoms with van der Waals surface area (Å²) in [5.41, 5.74) is 1.93. The largest absolute Gasteiger partial charge is 0.461 e. The van der Waals surface area contributed by atoms with Crippen molar-refractivity contribution >= 4 is 11.4 Å². The van der Waals surface area contributed by atoms with Crippen LogP contribution >= 0.6 is 0 Å². The van der Waals surface area contributed by atoms with Gasteiger partial charge in [0.25, 0.3) is 0 Å². The molecule has 3 aromatic heterocycles. The number of carbonyl (C=O) groups excluding carboxylic acids is 1. The Morgan fingerprint density at radius 2 is 2.25 bits per heavy atom. The predicted octanol–water partition coefficient (Wildman–Crippen LogP) is 2.40. The van der Waals surface area contributed by atoms with E-state index in [0.717, 1.165) is 17.9 Å². The van der Waals surface area contributed by atoms with Crippen LogP contribution in [0.15, 0.2) is 53.4 Å². The molecule has 1 fully saturated rings. The lowest BCUT2D eigenvalue weighted by Gasteiger charge is -2.34. The number of aromatic nitrogens is 2. The van der Waals surface area contributed by atoms with Gasteiger partial charge in [-0.3, -0.25) is 9.69 Å². The summed E-state index contributed by atoms with van der Waals surface area (Å²) in [4.78, 5) is 19.2. The van der Waals surface area contributed by atoms with Gasteiger partial charge in [0.2, 0.25) is 0 Å². The number of hydrogen-bond acceptors (Lipinski definition) is 5.